The minimum atomic E-state index is -0.541. The molecule has 8 nitrogen and oxygen atoms in total. The lowest BCUT2D eigenvalue weighted by atomic mass is 10.1. The number of carbonyl (C=O) groups excluding carboxylic acids is 1. The molecule has 0 saturated heterocycles. The van der Waals surface area contributed by atoms with Crippen molar-refractivity contribution < 1.29 is 4.79 Å². The summed E-state index contributed by atoms with van der Waals surface area (Å²) in [6.07, 6.45) is 3.07. The van der Waals surface area contributed by atoms with Crippen LogP contribution in [0.4, 0.5) is 0 Å². The smallest absolute Gasteiger partial charge is 0.276 e. The van der Waals surface area contributed by atoms with Gasteiger partial charge < -0.3 is 5.32 Å². The van der Waals surface area contributed by atoms with Crippen LogP contribution >= 0.6 is 11.6 Å². The van der Waals surface area contributed by atoms with Crippen molar-refractivity contribution in [3.8, 4) is 11.4 Å². The molecule has 1 amide bonds. The second kappa shape index (κ2) is 8.53. The normalized spacial score (nSPS) is 11.8. The van der Waals surface area contributed by atoms with Crippen molar-refractivity contribution in [3.63, 3.8) is 0 Å². The molecule has 0 spiro atoms. The fourth-order valence-corrected chi connectivity index (χ4v) is 3.28. The molecule has 0 fully saturated rings. The van der Waals surface area contributed by atoms with Gasteiger partial charge in [0, 0.05) is 16.8 Å². The standard InChI is InChI=1S/C22H19ClN6O2/c1-14-11-20(30)21(27-29(14)19-9-5-17(23)6-10-19)22(31)26-15(2)16-3-7-18(8-4-16)28-13-24-12-25-28/h3-13,15H,1-2H3,(H,26,31)/t15-/m0/s1. The van der Waals surface area contributed by atoms with Crippen molar-refractivity contribution in [2.75, 3.05) is 0 Å². The van der Waals surface area contributed by atoms with E-state index in [0.29, 0.717) is 16.4 Å². The SMILES string of the molecule is Cc1cc(=O)c(C(=O)N[C@@H](C)c2ccc(-n3cncn3)cc2)nn1-c1ccc(Cl)cc1. The molecule has 2 aromatic heterocycles. The molecule has 0 aliphatic rings. The molecule has 0 aliphatic carbocycles. The Morgan fingerprint density at radius 3 is 2.39 bits per heavy atom. The average Bonchev–Trinajstić information content (AvgIpc) is 3.29. The van der Waals surface area contributed by atoms with Crippen LogP contribution in [0.15, 0.2) is 72.0 Å². The summed E-state index contributed by atoms with van der Waals surface area (Å²) in [7, 11) is 0. The summed E-state index contributed by atoms with van der Waals surface area (Å²) in [5.74, 6) is -0.541. The number of nitrogens with zero attached hydrogens (tertiary/aromatic N) is 5. The van der Waals surface area contributed by atoms with Gasteiger partial charge in [-0.2, -0.15) is 10.2 Å². The van der Waals surface area contributed by atoms with Gasteiger partial charge in [0.2, 0.25) is 5.43 Å². The van der Waals surface area contributed by atoms with E-state index in [-0.39, 0.29) is 11.7 Å². The van der Waals surface area contributed by atoms with E-state index in [4.69, 9.17) is 11.6 Å². The van der Waals surface area contributed by atoms with Crippen LogP contribution in [0.25, 0.3) is 11.4 Å². The van der Waals surface area contributed by atoms with Gasteiger partial charge in [-0.3, -0.25) is 9.59 Å². The van der Waals surface area contributed by atoms with Gasteiger partial charge in [-0.25, -0.2) is 14.3 Å². The van der Waals surface area contributed by atoms with Crippen molar-refractivity contribution in [1.82, 2.24) is 29.9 Å². The summed E-state index contributed by atoms with van der Waals surface area (Å²) >= 11 is 5.95. The van der Waals surface area contributed by atoms with Crippen LogP contribution in [-0.4, -0.2) is 30.5 Å². The van der Waals surface area contributed by atoms with E-state index < -0.39 is 11.3 Å². The van der Waals surface area contributed by atoms with Crippen molar-refractivity contribution in [1.29, 1.82) is 0 Å². The van der Waals surface area contributed by atoms with Crippen LogP contribution in [0.2, 0.25) is 5.02 Å². The highest BCUT2D eigenvalue weighted by molar-refractivity contribution is 6.30. The van der Waals surface area contributed by atoms with Crippen molar-refractivity contribution in [2.45, 2.75) is 19.9 Å². The number of nitrogens with one attached hydrogen (secondary N) is 1. The molecule has 1 atom stereocenters. The van der Waals surface area contributed by atoms with Crippen LogP contribution in [0.5, 0.6) is 0 Å². The first-order valence-corrected chi connectivity index (χ1v) is 9.93. The maximum atomic E-state index is 12.8. The van der Waals surface area contributed by atoms with E-state index in [2.05, 4.69) is 20.5 Å². The molecule has 31 heavy (non-hydrogen) atoms. The number of amides is 1. The van der Waals surface area contributed by atoms with Gasteiger partial charge >= 0.3 is 0 Å². The highest BCUT2D eigenvalue weighted by Gasteiger charge is 2.18. The summed E-state index contributed by atoms with van der Waals surface area (Å²) in [5.41, 5.74) is 2.43. The Labute approximate surface area is 183 Å². The minimum absolute atomic E-state index is 0.174. The average molecular weight is 435 g/mol. The Hall–Kier alpha value is -3.78. The number of benzene rings is 2. The lowest BCUT2D eigenvalue weighted by molar-refractivity contribution is 0.0932. The zero-order valence-corrected chi connectivity index (χ0v) is 17.6. The molecule has 4 rings (SSSR count). The zero-order chi connectivity index (χ0) is 22.0. The lowest BCUT2D eigenvalue weighted by Crippen LogP contribution is -2.33. The van der Waals surface area contributed by atoms with Gasteiger partial charge in [0.25, 0.3) is 5.91 Å². The number of hydrogen-bond donors (Lipinski definition) is 1. The Balaban J connectivity index is 1.56. The third-order valence-corrected chi connectivity index (χ3v) is 5.07. The summed E-state index contributed by atoms with van der Waals surface area (Å²) < 4.78 is 3.19. The molecule has 0 saturated carbocycles. The van der Waals surface area contributed by atoms with E-state index in [9.17, 15) is 9.59 Å². The molecule has 2 heterocycles. The van der Waals surface area contributed by atoms with E-state index in [1.54, 1.807) is 46.9 Å². The molecule has 2 aromatic carbocycles. The first-order valence-electron chi connectivity index (χ1n) is 9.55. The van der Waals surface area contributed by atoms with Gasteiger partial charge in [-0.05, 0) is 55.8 Å². The number of carbonyl (C=O) groups is 1. The van der Waals surface area contributed by atoms with Crippen molar-refractivity contribution >= 4 is 17.5 Å². The largest absolute Gasteiger partial charge is 0.344 e. The van der Waals surface area contributed by atoms with E-state index in [1.165, 1.54) is 12.4 Å². The molecule has 9 heteroatoms. The maximum Gasteiger partial charge on any atom is 0.276 e. The van der Waals surface area contributed by atoms with Gasteiger partial charge in [0.1, 0.15) is 12.7 Å². The third-order valence-electron chi connectivity index (χ3n) is 4.82. The van der Waals surface area contributed by atoms with Crippen molar-refractivity contribution in [2.24, 2.45) is 0 Å². The number of halogens is 1. The van der Waals surface area contributed by atoms with Crippen LogP contribution in [0, 0.1) is 6.92 Å². The topological polar surface area (TPSA) is 94.7 Å². The highest BCUT2D eigenvalue weighted by atomic mass is 35.5. The van der Waals surface area contributed by atoms with Gasteiger partial charge in [-0.1, -0.05) is 23.7 Å². The van der Waals surface area contributed by atoms with Gasteiger partial charge in [0.15, 0.2) is 5.69 Å². The van der Waals surface area contributed by atoms with E-state index in [1.807, 2.05) is 31.2 Å². The molecule has 1 N–H and O–H groups in total. The highest BCUT2D eigenvalue weighted by Crippen LogP contribution is 2.16. The molecule has 0 unspecified atom stereocenters. The zero-order valence-electron chi connectivity index (χ0n) is 16.9. The summed E-state index contributed by atoms with van der Waals surface area (Å²) in [5, 5.41) is 11.8. The molecular weight excluding hydrogens is 416 g/mol. The Morgan fingerprint density at radius 2 is 1.74 bits per heavy atom. The monoisotopic (exact) mass is 434 g/mol. The lowest BCUT2D eigenvalue weighted by Gasteiger charge is -2.16. The molecule has 156 valence electrons. The van der Waals surface area contributed by atoms with E-state index >= 15 is 0 Å². The van der Waals surface area contributed by atoms with Crippen molar-refractivity contribution in [3.05, 3.63) is 99.4 Å². The predicted octanol–water partition coefficient (Wildman–Crippen LogP) is 3.27. The summed E-state index contributed by atoms with van der Waals surface area (Å²) in [6.45, 7) is 3.60. The molecule has 4 aromatic rings. The van der Waals surface area contributed by atoms with Crippen LogP contribution in [0.3, 0.4) is 0 Å². The fourth-order valence-electron chi connectivity index (χ4n) is 3.15. The number of aromatic nitrogens is 5. The summed E-state index contributed by atoms with van der Waals surface area (Å²) in [6, 6.07) is 15.6. The second-order valence-electron chi connectivity index (χ2n) is 7.01. The number of rotatable bonds is 5. The molecular formula is C22H19ClN6O2. The summed E-state index contributed by atoms with van der Waals surface area (Å²) in [4.78, 5) is 29.2. The van der Waals surface area contributed by atoms with Gasteiger partial charge in [-0.15, -0.1) is 0 Å². The number of aryl methyl sites for hydroxylation is 1. The Kier molecular flexibility index (Phi) is 5.64. The van der Waals surface area contributed by atoms with Crippen LogP contribution < -0.4 is 10.7 Å². The van der Waals surface area contributed by atoms with Crippen LogP contribution in [-0.2, 0) is 0 Å². The maximum absolute atomic E-state index is 12.8. The molecule has 0 aliphatic heterocycles. The van der Waals surface area contributed by atoms with E-state index in [0.717, 1.165) is 11.3 Å². The third kappa shape index (κ3) is 4.39. The number of hydrogen-bond acceptors (Lipinski definition) is 5. The molecule has 0 bridgehead atoms. The predicted molar refractivity (Wildman–Crippen MR) is 117 cm³/mol. The van der Waals surface area contributed by atoms with Gasteiger partial charge in [0.05, 0.1) is 17.4 Å². The molecule has 0 radical (unpaired) electrons. The second-order valence-corrected chi connectivity index (χ2v) is 7.45. The first-order chi connectivity index (χ1) is 14.9. The first kappa shape index (κ1) is 20.5. The fraction of sp³-hybridized carbons (Fsp3) is 0.136. The quantitative estimate of drug-likeness (QED) is 0.520. The Morgan fingerprint density at radius 1 is 1.06 bits per heavy atom. The van der Waals surface area contributed by atoms with Crippen LogP contribution in [0.1, 0.15) is 34.7 Å². The minimum Gasteiger partial charge on any atom is -0.344 e. The Bertz CT molecular complexity index is 1270.